The summed E-state index contributed by atoms with van der Waals surface area (Å²) in [5.41, 5.74) is 5.77. The van der Waals surface area contributed by atoms with Crippen LogP contribution in [0, 0.1) is 12.7 Å². The minimum atomic E-state index is -1.13. The van der Waals surface area contributed by atoms with Crippen LogP contribution in [0.2, 0.25) is 0 Å². The van der Waals surface area contributed by atoms with E-state index in [4.69, 9.17) is 10.5 Å². The van der Waals surface area contributed by atoms with Crippen molar-refractivity contribution in [2.24, 2.45) is 5.73 Å². The van der Waals surface area contributed by atoms with Gasteiger partial charge in [-0.1, -0.05) is 6.07 Å². The lowest BCUT2D eigenvalue weighted by Gasteiger charge is -2.13. The molecule has 0 fully saturated rings. The van der Waals surface area contributed by atoms with E-state index in [-0.39, 0.29) is 16.1 Å². The Hall–Kier alpha value is -2.74. The number of thiophene rings is 1. The summed E-state index contributed by atoms with van der Waals surface area (Å²) in [7, 11) is 0. The van der Waals surface area contributed by atoms with Gasteiger partial charge in [0, 0.05) is 0 Å². The van der Waals surface area contributed by atoms with Crippen LogP contribution in [0.3, 0.4) is 0 Å². The predicted molar refractivity (Wildman–Crippen MR) is 87.5 cm³/mol. The molecule has 3 N–H and O–H groups in total. The number of esters is 1. The number of ether oxygens (including phenoxy) is 1. The number of hydrogen-bond acceptors (Lipinski definition) is 5. The lowest BCUT2D eigenvalue weighted by atomic mass is 10.1. The van der Waals surface area contributed by atoms with Gasteiger partial charge in [-0.3, -0.25) is 9.59 Å². The van der Waals surface area contributed by atoms with E-state index >= 15 is 0 Å². The maximum absolute atomic E-state index is 13.5. The molecule has 0 aliphatic heterocycles. The van der Waals surface area contributed by atoms with Crippen molar-refractivity contribution in [3.63, 3.8) is 0 Å². The highest BCUT2D eigenvalue weighted by atomic mass is 32.1. The fourth-order valence-corrected chi connectivity index (χ4v) is 2.61. The lowest BCUT2D eigenvalue weighted by molar-refractivity contribution is -0.123. The third-order valence-corrected chi connectivity index (χ3v) is 4.06. The first kappa shape index (κ1) is 17.6. The molecule has 0 aliphatic rings. The summed E-state index contributed by atoms with van der Waals surface area (Å²) < 4.78 is 18.5. The Kier molecular flexibility index (Phi) is 5.30. The van der Waals surface area contributed by atoms with E-state index in [0.29, 0.717) is 5.56 Å². The Bertz CT molecular complexity index is 803. The quantitative estimate of drug-likeness (QED) is 0.809. The van der Waals surface area contributed by atoms with Gasteiger partial charge in [0.25, 0.3) is 11.8 Å². The number of carbonyl (C=O) groups is 3. The van der Waals surface area contributed by atoms with Gasteiger partial charge in [-0.05, 0) is 43.0 Å². The van der Waals surface area contributed by atoms with Crippen LogP contribution in [0.5, 0.6) is 0 Å². The van der Waals surface area contributed by atoms with Gasteiger partial charge >= 0.3 is 5.97 Å². The topological polar surface area (TPSA) is 98.5 Å². The molecular formula is C16H15FN2O4S. The molecule has 1 aromatic heterocycles. The molecule has 0 radical (unpaired) electrons. The number of amides is 2. The highest BCUT2D eigenvalue weighted by Gasteiger charge is 2.21. The van der Waals surface area contributed by atoms with Crippen molar-refractivity contribution in [2.75, 3.05) is 5.32 Å². The number of carbonyl (C=O) groups excluding carboxylic acids is 3. The normalized spacial score (nSPS) is 11.6. The monoisotopic (exact) mass is 350 g/mol. The van der Waals surface area contributed by atoms with Crippen LogP contribution in [0.4, 0.5) is 9.39 Å². The second kappa shape index (κ2) is 7.22. The van der Waals surface area contributed by atoms with Gasteiger partial charge < -0.3 is 15.8 Å². The molecule has 6 nitrogen and oxygen atoms in total. The summed E-state index contributed by atoms with van der Waals surface area (Å²) >= 11 is 1.12. The molecule has 8 heteroatoms. The van der Waals surface area contributed by atoms with Crippen LogP contribution in [0.15, 0.2) is 29.6 Å². The average Bonchev–Trinajstić information content (AvgIpc) is 2.98. The molecule has 0 bridgehead atoms. The molecule has 0 spiro atoms. The molecule has 24 heavy (non-hydrogen) atoms. The molecule has 126 valence electrons. The zero-order valence-electron chi connectivity index (χ0n) is 13.0. The van der Waals surface area contributed by atoms with E-state index in [1.54, 1.807) is 12.3 Å². The second-order valence-corrected chi connectivity index (χ2v) is 5.94. The van der Waals surface area contributed by atoms with E-state index in [2.05, 4.69) is 5.32 Å². The maximum Gasteiger partial charge on any atom is 0.339 e. The minimum Gasteiger partial charge on any atom is -0.449 e. The first-order valence-corrected chi connectivity index (χ1v) is 7.83. The summed E-state index contributed by atoms with van der Waals surface area (Å²) in [6.07, 6.45) is -1.13. The van der Waals surface area contributed by atoms with Crippen molar-refractivity contribution in [3.8, 4) is 0 Å². The van der Waals surface area contributed by atoms with Gasteiger partial charge in [0.05, 0.1) is 11.1 Å². The standard InChI is InChI=1S/C16H15FN2O4S/c1-8-3-4-10(7-12(8)17)16(22)23-9(2)14(21)19-15-11(13(18)20)5-6-24-15/h3-7,9H,1-2H3,(H2,18,20)(H,19,21)/t9-/m0/s1. The average molecular weight is 350 g/mol. The van der Waals surface area contributed by atoms with Crippen molar-refractivity contribution < 1.29 is 23.5 Å². The molecule has 0 unspecified atom stereocenters. The Balaban J connectivity index is 2.03. The number of nitrogens with two attached hydrogens (primary N) is 1. The first-order valence-electron chi connectivity index (χ1n) is 6.95. The number of hydrogen-bond donors (Lipinski definition) is 2. The van der Waals surface area contributed by atoms with Crippen molar-refractivity contribution in [1.82, 2.24) is 0 Å². The van der Waals surface area contributed by atoms with Gasteiger partial charge in [0.15, 0.2) is 6.10 Å². The van der Waals surface area contributed by atoms with E-state index < -0.39 is 29.7 Å². The van der Waals surface area contributed by atoms with Gasteiger partial charge in [-0.2, -0.15) is 0 Å². The summed E-state index contributed by atoms with van der Waals surface area (Å²) in [5, 5.41) is 4.35. The molecule has 1 heterocycles. The molecule has 2 amide bonds. The van der Waals surface area contributed by atoms with Crippen molar-refractivity contribution in [3.05, 3.63) is 52.2 Å². The zero-order valence-corrected chi connectivity index (χ0v) is 13.8. The van der Waals surface area contributed by atoms with E-state index in [1.165, 1.54) is 25.1 Å². The van der Waals surface area contributed by atoms with Crippen LogP contribution in [-0.4, -0.2) is 23.9 Å². The van der Waals surface area contributed by atoms with Crippen molar-refractivity contribution in [2.45, 2.75) is 20.0 Å². The van der Waals surface area contributed by atoms with Crippen molar-refractivity contribution >= 4 is 34.1 Å². The molecule has 2 aromatic rings. The first-order chi connectivity index (χ1) is 11.3. The number of benzene rings is 1. The number of primary amides is 1. The van der Waals surface area contributed by atoms with Gasteiger partial charge in [0.2, 0.25) is 0 Å². The van der Waals surface area contributed by atoms with Crippen LogP contribution in [0.25, 0.3) is 0 Å². The van der Waals surface area contributed by atoms with Crippen LogP contribution in [-0.2, 0) is 9.53 Å². The fourth-order valence-electron chi connectivity index (χ4n) is 1.82. The van der Waals surface area contributed by atoms with Crippen LogP contribution in [0.1, 0.15) is 33.2 Å². The van der Waals surface area contributed by atoms with Crippen LogP contribution < -0.4 is 11.1 Å². The number of aryl methyl sites for hydroxylation is 1. The molecule has 0 aliphatic carbocycles. The fraction of sp³-hybridized carbons (Fsp3) is 0.188. The number of nitrogens with one attached hydrogen (secondary N) is 1. The number of rotatable bonds is 5. The Morgan fingerprint density at radius 2 is 2.00 bits per heavy atom. The zero-order chi connectivity index (χ0) is 17.9. The largest absolute Gasteiger partial charge is 0.449 e. The SMILES string of the molecule is Cc1ccc(C(=O)O[C@@H](C)C(=O)Nc2sccc2C(N)=O)cc1F. The molecule has 1 aromatic carbocycles. The summed E-state index contributed by atoms with van der Waals surface area (Å²) in [6.45, 7) is 2.94. The number of anilines is 1. The number of halogens is 1. The highest BCUT2D eigenvalue weighted by molar-refractivity contribution is 7.14. The van der Waals surface area contributed by atoms with Gasteiger partial charge in [-0.25, -0.2) is 9.18 Å². The molecule has 0 saturated carbocycles. The maximum atomic E-state index is 13.5. The Morgan fingerprint density at radius 1 is 1.29 bits per heavy atom. The smallest absolute Gasteiger partial charge is 0.339 e. The molecular weight excluding hydrogens is 335 g/mol. The van der Waals surface area contributed by atoms with E-state index in [9.17, 15) is 18.8 Å². The second-order valence-electron chi connectivity index (χ2n) is 5.03. The predicted octanol–water partition coefficient (Wildman–Crippen LogP) is 2.48. The minimum absolute atomic E-state index is 0.00620. The van der Waals surface area contributed by atoms with E-state index in [1.807, 2.05) is 0 Å². The summed E-state index contributed by atoms with van der Waals surface area (Å²) in [4.78, 5) is 35.2. The summed E-state index contributed by atoms with van der Waals surface area (Å²) in [6, 6.07) is 5.39. The van der Waals surface area contributed by atoms with Crippen molar-refractivity contribution in [1.29, 1.82) is 0 Å². The van der Waals surface area contributed by atoms with E-state index in [0.717, 1.165) is 17.4 Å². The Labute approximate surface area is 141 Å². The van der Waals surface area contributed by atoms with Gasteiger partial charge in [0.1, 0.15) is 10.8 Å². The third kappa shape index (κ3) is 3.96. The molecule has 1 atom stereocenters. The molecule has 2 rings (SSSR count). The van der Waals surface area contributed by atoms with Gasteiger partial charge in [-0.15, -0.1) is 11.3 Å². The Morgan fingerprint density at radius 3 is 2.62 bits per heavy atom. The summed E-state index contributed by atoms with van der Waals surface area (Å²) in [5.74, 6) is -2.66. The molecule has 0 saturated heterocycles. The van der Waals surface area contributed by atoms with Crippen LogP contribution >= 0.6 is 11.3 Å². The lowest BCUT2D eigenvalue weighted by Crippen LogP contribution is -2.30. The highest BCUT2D eigenvalue weighted by Crippen LogP contribution is 2.23. The third-order valence-electron chi connectivity index (χ3n) is 3.23.